The molecule has 2 unspecified atom stereocenters. The molecule has 2 aromatic carbocycles. The number of pyridine rings is 1. The van der Waals surface area contributed by atoms with E-state index in [-0.39, 0.29) is 28.8 Å². The fraction of sp³-hybridized carbons (Fsp3) is 0.389. The summed E-state index contributed by atoms with van der Waals surface area (Å²) < 4.78 is 9.86. The first-order valence-corrected chi connectivity index (χ1v) is 17.1. The van der Waals surface area contributed by atoms with E-state index in [2.05, 4.69) is 27.4 Å². The normalized spacial score (nSPS) is 12.6. The fourth-order valence-corrected chi connectivity index (χ4v) is 6.29. The standard InChI is InChI=1S/C36H43ClN8O4/c1-6-10-19-31-38-34(37)32(33(46)29-17-14-18-30(45(29)48)36(47)42(7-2)8-3)43(31)23-25-20-21-27(26-15-12-11-13-16-26)28(22-25)35-39-40-41-44(35)24(5)49-9-4/h11-18,20-22,24,33,46H,6-10,19,23H2,1-5H3. The third-order valence-corrected chi connectivity index (χ3v) is 8.85. The SMILES string of the molecule is CCCCc1nc(Cl)c(C(O)c2cccc(C(=O)N(CC)CC)[n+]2[O-])n1Cc1ccc(-c2ccccc2)c(-c2nnnn2C(C)OCC)c1. The van der Waals surface area contributed by atoms with Crippen molar-refractivity contribution in [3.8, 4) is 22.5 Å². The molecule has 0 spiro atoms. The number of benzene rings is 2. The van der Waals surface area contributed by atoms with Gasteiger partial charge in [0, 0.05) is 50.4 Å². The van der Waals surface area contributed by atoms with Gasteiger partial charge in [-0.3, -0.25) is 4.79 Å². The van der Waals surface area contributed by atoms with Crippen LogP contribution < -0.4 is 4.73 Å². The van der Waals surface area contributed by atoms with E-state index in [0.717, 1.165) is 35.1 Å². The zero-order chi connectivity index (χ0) is 35.1. The van der Waals surface area contributed by atoms with Gasteiger partial charge in [0.1, 0.15) is 5.82 Å². The topological polar surface area (TPSA) is 138 Å². The Morgan fingerprint density at radius 3 is 2.49 bits per heavy atom. The molecule has 3 heterocycles. The second-order valence-electron chi connectivity index (χ2n) is 11.7. The molecule has 1 N–H and O–H groups in total. The second kappa shape index (κ2) is 16.2. The van der Waals surface area contributed by atoms with Gasteiger partial charge in [-0.1, -0.05) is 67.4 Å². The summed E-state index contributed by atoms with van der Waals surface area (Å²) in [5.41, 5.74) is 3.76. The van der Waals surface area contributed by atoms with E-state index in [1.807, 2.05) is 80.8 Å². The van der Waals surface area contributed by atoms with Gasteiger partial charge in [0.15, 0.2) is 23.3 Å². The van der Waals surface area contributed by atoms with Crippen LogP contribution in [0.2, 0.25) is 5.15 Å². The highest BCUT2D eigenvalue weighted by Crippen LogP contribution is 2.35. The summed E-state index contributed by atoms with van der Waals surface area (Å²) >= 11 is 6.77. The second-order valence-corrected chi connectivity index (χ2v) is 12.0. The maximum Gasteiger partial charge on any atom is 0.319 e. The number of carbonyl (C=O) groups is 1. The Balaban J connectivity index is 1.62. The number of aliphatic hydroxyl groups excluding tert-OH is 1. The van der Waals surface area contributed by atoms with Gasteiger partial charge in [0.05, 0.1) is 5.69 Å². The van der Waals surface area contributed by atoms with Crippen LogP contribution in [0.4, 0.5) is 0 Å². The lowest BCUT2D eigenvalue weighted by molar-refractivity contribution is -0.620. The molecule has 0 aliphatic heterocycles. The molecule has 2 atom stereocenters. The first kappa shape index (κ1) is 35.7. The van der Waals surface area contributed by atoms with Crippen LogP contribution in [0.1, 0.15) is 93.1 Å². The Labute approximate surface area is 291 Å². The average Bonchev–Trinajstić information content (AvgIpc) is 3.72. The third-order valence-electron chi connectivity index (χ3n) is 8.57. The number of amides is 1. The number of ether oxygens (including phenoxy) is 1. The third kappa shape index (κ3) is 7.51. The van der Waals surface area contributed by atoms with Crippen LogP contribution in [0.5, 0.6) is 0 Å². The Hall–Kier alpha value is -4.65. The lowest BCUT2D eigenvalue weighted by Gasteiger charge is -2.20. The van der Waals surface area contributed by atoms with Crippen molar-refractivity contribution < 1.29 is 19.4 Å². The summed E-state index contributed by atoms with van der Waals surface area (Å²) in [5, 5.41) is 38.1. The predicted octanol–water partition coefficient (Wildman–Crippen LogP) is 6.00. The molecule has 5 rings (SSSR count). The largest absolute Gasteiger partial charge is 0.618 e. The molecule has 0 bridgehead atoms. The van der Waals surface area contributed by atoms with Crippen molar-refractivity contribution >= 4 is 17.5 Å². The number of rotatable bonds is 15. The monoisotopic (exact) mass is 686 g/mol. The van der Waals surface area contributed by atoms with E-state index >= 15 is 0 Å². The van der Waals surface area contributed by atoms with Crippen LogP contribution in [-0.4, -0.2) is 65.4 Å². The summed E-state index contributed by atoms with van der Waals surface area (Å²) in [5.74, 6) is 0.806. The molecule has 0 saturated heterocycles. The number of tetrazole rings is 1. The van der Waals surface area contributed by atoms with E-state index in [1.54, 1.807) is 15.6 Å². The summed E-state index contributed by atoms with van der Waals surface area (Å²) in [6, 6.07) is 20.6. The number of nitrogens with zero attached hydrogens (tertiary/aromatic N) is 8. The van der Waals surface area contributed by atoms with Gasteiger partial charge < -0.3 is 24.5 Å². The molecule has 0 aliphatic carbocycles. The molecule has 13 heteroatoms. The Bertz CT molecular complexity index is 1870. The van der Waals surface area contributed by atoms with Gasteiger partial charge in [0.25, 0.3) is 5.69 Å². The average molecular weight is 687 g/mol. The number of halogens is 1. The van der Waals surface area contributed by atoms with Crippen molar-refractivity contribution in [2.75, 3.05) is 19.7 Å². The molecule has 0 saturated carbocycles. The van der Waals surface area contributed by atoms with E-state index in [1.165, 1.54) is 12.1 Å². The molecule has 0 aliphatic rings. The van der Waals surface area contributed by atoms with Crippen molar-refractivity contribution in [2.45, 2.75) is 72.8 Å². The molecule has 1 amide bonds. The minimum atomic E-state index is -1.46. The lowest BCUT2D eigenvalue weighted by Crippen LogP contribution is -2.45. The van der Waals surface area contributed by atoms with Crippen LogP contribution in [0.15, 0.2) is 66.7 Å². The van der Waals surface area contributed by atoms with Gasteiger partial charge in [-0.2, -0.15) is 9.41 Å². The van der Waals surface area contributed by atoms with Crippen LogP contribution in [0.3, 0.4) is 0 Å². The van der Waals surface area contributed by atoms with Gasteiger partial charge >= 0.3 is 5.91 Å². The van der Waals surface area contributed by atoms with Crippen molar-refractivity contribution in [3.05, 3.63) is 106 Å². The number of aryl methyl sites for hydroxylation is 1. The van der Waals surface area contributed by atoms with Gasteiger partial charge in [-0.25, -0.2) is 4.98 Å². The highest BCUT2D eigenvalue weighted by Gasteiger charge is 2.32. The number of hydrogen-bond donors (Lipinski definition) is 1. The number of carbonyl (C=O) groups excluding carboxylic acids is 1. The summed E-state index contributed by atoms with van der Waals surface area (Å²) in [6.07, 6.45) is 0.523. The Morgan fingerprint density at radius 2 is 1.80 bits per heavy atom. The quantitative estimate of drug-likeness (QED) is 0.105. The molecule has 258 valence electrons. The highest BCUT2D eigenvalue weighted by atomic mass is 35.5. The first-order valence-electron chi connectivity index (χ1n) is 16.8. The zero-order valence-corrected chi connectivity index (χ0v) is 29.3. The van der Waals surface area contributed by atoms with Crippen molar-refractivity contribution in [1.82, 2.24) is 34.7 Å². The molecule has 3 aromatic heterocycles. The van der Waals surface area contributed by atoms with E-state index in [9.17, 15) is 15.1 Å². The maximum absolute atomic E-state index is 13.6. The number of aromatic nitrogens is 7. The Kier molecular flexibility index (Phi) is 11.8. The molecule has 0 fully saturated rings. The first-order chi connectivity index (χ1) is 23.7. The highest BCUT2D eigenvalue weighted by molar-refractivity contribution is 6.30. The predicted molar refractivity (Wildman–Crippen MR) is 187 cm³/mol. The van der Waals surface area contributed by atoms with E-state index in [0.29, 0.717) is 42.5 Å². The summed E-state index contributed by atoms with van der Waals surface area (Å²) in [6.45, 7) is 11.3. The van der Waals surface area contributed by atoms with E-state index < -0.39 is 18.2 Å². The molecular formula is C36H43ClN8O4. The van der Waals surface area contributed by atoms with Gasteiger partial charge in [-0.15, -0.1) is 5.10 Å². The molecule has 49 heavy (non-hydrogen) atoms. The number of unbranched alkanes of at least 4 members (excludes halogenated alkanes) is 1. The number of hydrogen-bond acceptors (Lipinski definition) is 8. The van der Waals surface area contributed by atoms with E-state index in [4.69, 9.17) is 16.3 Å². The smallest absolute Gasteiger partial charge is 0.319 e. The lowest BCUT2D eigenvalue weighted by atomic mass is 9.96. The zero-order valence-electron chi connectivity index (χ0n) is 28.6. The van der Waals surface area contributed by atoms with Crippen molar-refractivity contribution in [2.24, 2.45) is 0 Å². The number of imidazole rings is 1. The molecule has 12 nitrogen and oxygen atoms in total. The molecular weight excluding hydrogens is 644 g/mol. The summed E-state index contributed by atoms with van der Waals surface area (Å²) in [4.78, 5) is 19.4. The van der Waals surface area contributed by atoms with Crippen molar-refractivity contribution in [1.29, 1.82) is 0 Å². The minimum absolute atomic E-state index is 0.0210. The van der Waals surface area contributed by atoms with Crippen molar-refractivity contribution in [3.63, 3.8) is 0 Å². The number of aliphatic hydroxyl groups is 1. The minimum Gasteiger partial charge on any atom is -0.618 e. The van der Waals surface area contributed by atoms with Gasteiger partial charge in [0.2, 0.25) is 5.69 Å². The van der Waals surface area contributed by atoms with Crippen LogP contribution in [-0.2, 0) is 17.7 Å². The summed E-state index contributed by atoms with van der Waals surface area (Å²) in [7, 11) is 0. The molecule has 0 radical (unpaired) electrons. The van der Waals surface area contributed by atoms with Crippen LogP contribution in [0.25, 0.3) is 22.5 Å². The fourth-order valence-electron chi connectivity index (χ4n) is 5.98. The Morgan fingerprint density at radius 1 is 1.04 bits per heavy atom. The van der Waals surface area contributed by atoms with Gasteiger partial charge in [-0.05, 0) is 73.4 Å². The maximum atomic E-state index is 13.6. The molecule has 5 aromatic rings. The van der Waals surface area contributed by atoms with Crippen LogP contribution in [0, 0.1) is 5.21 Å². The van der Waals surface area contributed by atoms with Crippen LogP contribution >= 0.6 is 11.6 Å².